The van der Waals surface area contributed by atoms with Crippen molar-refractivity contribution in [3.05, 3.63) is 52.3 Å². The van der Waals surface area contributed by atoms with Gasteiger partial charge in [0.2, 0.25) is 0 Å². The van der Waals surface area contributed by atoms with Crippen LogP contribution in [0.5, 0.6) is 11.5 Å². The topological polar surface area (TPSA) is 43.4 Å². The van der Waals surface area contributed by atoms with E-state index in [1.165, 1.54) is 0 Å². The Balaban J connectivity index is 2.04. The molecule has 21 heavy (non-hydrogen) atoms. The van der Waals surface area contributed by atoms with Crippen molar-refractivity contribution < 1.29 is 9.47 Å². The average molecular weight is 351 g/mol. The van der Waals surface area contributed by atoms with Crippen molar-refractivity contribution in [2.75, 3.05) is 14.2 Å². The lowest BCUT2D eigenvalue weighted by Gasteiger charge is -2.16. The van der Waals surface area contributed by atoms with E-state index in [0.717, 1.165) is 27.4 Å². The minimum Gasteiger partial charge on any atom is -0.493 e. The van der Waals surface area contributed by atoms with E-state index in [1.54, 1.807) is 14.2 Å². The Kier molecular flexibility index (Phi) is 5.59. The van der Waals surface area contributed by atoms with Crippen LogP contribution in [0.25, 0.3) is 0 Å². The normalized spacial score (nSPS) is 12.0. The first-order chi connectivity index (χ1) is 10.1. The second kappa shape index (κ2) is 7.43. The highest BCUT2D eigenvalue weighted by Gasteiger charge is 2.10. The molecular formula is C16H19BrN2O2. The number of methoxy groups -OCH3 is 2. The summed E-state index contributed by atoms with van der Waals surface area (Å²) in [6.07, 6.45) is 0. The van der Waals surface area contributed by atoms with Gasteiger partial charge in [0.15, 0.2) is 11.5 Å². The molecule has 0 spiro atoms. The maximum atomic E-state index is 5.33. The van der Waals surface area contributed by atoms with Crippen molar-refractivity contribution in [2.45, 2.75) is 19.5 Å². The average Bonchev–Trinajstić information content (AvgIpc) is 2.52. The maximum Gasteiger partial charge on any atom is 0.161 e. The molecule has 5 heteroatoms. The van der Waals surface area contributed by atoms with Crippen molar-refractivity contribution >= 4 is 15.9 Å². The number of nitrogens with one attached hydrogen (secondary N) is 1. The van der Waals surface area contributed by atoms with Gasteiger partial charge in [0.25, 0.3) is 0 Å². The van der Waals surface area contributed by atoms with Crippen LogP contribution < -0.4 is 14.8 Å². The molecule has 1 unspecified atom stereocenters. The van der Waals surface area contributed by atoms with Crippen LogP contribution in [0, 0.1) is 0 Å². The van der Waals surface area contributed by atoms with E-state index >= 15 is 0 Å². The molecule has 0 saturated carbocycles. The van der Waals surface area contributed by atoms with E-state index in [1.807, 2.05) is 36.4 Å². The second-order valence-corrected chi connectivity index (χ2v) is 5.48. The summed E-state index contributed by atoms with van der Waals surface area (Å²) >= 11 is 3.38. The minimum atomic E-state index is 0.186. The molecular weight excluding hydrogens is 332 g/mol. The predicted molar refractivity (Wildman–Crippen MR) is 86.7 cm³/mol. The maximum absolute atomic E-state index is 5.33. The molecule has 4 nitrogen and oxygen atoms in total. The molecule has 1 atom stereocenters. The van der Waals surface area contributed by atoms with Crippen molar-refractivity contribution in [3.63, 3.8) is 0 Å². The lowest BCUT2D eigenvalue weighted by atomic mass is 10.1. The van der Waals surface area contributed by atoms with Gasteiger partial charge in [-0.15, -0.1) is 0 Å². The van der Waals surface area contributed by atoms with Gasteiger partial charge < -0.3 is 14.8 Å². The predicted octanol–water partition coefficient (Wildman–Crippen LogP) is 3.71. The number of nitrogens with zero attached hydrogens (tertiary/aromatic N) is 1. The Hall–Kier alpha value is -1.59. The third-order valence-electron chi connectivity index (χ3n) is 3.27. The molecule has 0 bridgehead atoms. The third kappa shape index (κ3) is 4.19. The zero-order valence-corrected chi connectivity index (χ0v) is 14.0. The molecule has 0 radical (unpaired) electrons. The summed E-state index contributed by atoms with van der Waals surface area (Å²) < 4.78 is 11.4. The summed E-state index contributed by atoms with van der Waals surface area (Å²) in [5.74, 6) is 1.48. The minimum absolute atomic E-state index is 0.186. The smallest absolute Gasteiger partial charge is 0.161 e. The van der Waals surface area contributed by atoms with E-state index in [4.69, 9.17) is 9.47 Å². The number of aromatic nitrogens is 1. The fraction of sp³-hybridized carbons (Fsp3) is 0.312. The monoisotopic (exact) mass is 350 g/mol. The highest BCUT2D eigenvalue weighted by Crippen LogP contribution is 2.29. The molecule has 1 heterocycles. The first kappa shape index (κ1) is 15.8. The molecule has 1 N–H and O–H groups in total. The molecule has 1 aromatic carbocycles. The van der Waals surface area contributed by atoms with Crippen molar-refractivity contribution in [3.8, 4) is 11.5 Å². The quantitative estimate of drug-likeness (QED) is 0.806. The van der Waals surface area contributed by atoms with Gasteiger partial charge in [0, 0.05) is 12.6 Å². The summed E-state index contributed by atoms with van der Waals surface area (Å²) in [5, 5.41) is 3.45. The summed E-state index contributed by atoms with van der Waals surface area (Å²) in [6, 6.07) is 12.0. The van der Waals surface area contributed by atoms with E-state index in [-0.39, 0.29) is 6.04 Å². The number of hydrogen-bond donors (Lipinski definition) is 1. The molecule has 0 fully saturated rings. The Morgan fingerprint density at radius 1 is 1.14 bits per heavy atom. The van der Waals surface area contributed by atoms with Crippen molar-refractivity contribution in [1.82, 2.24) is 10.3 Å². The number of ether oxygens (including phenoxy) is 2. The van der Waals surface area contributed by atoms with Gasteiger partial charge >= 0.3 is 0 Å². The highest BCUT2D eigenvalue weighted by molar-refractivity contribution is 9.10. The van der Waals surface area contributed by atoms with Gasteiger partial charge in [-0.1, -0.05) is 12.1 Å². The lowest BCUT2D eigenvalue weighted by molar-refractivity contribution is 0.354. The van der Waals surface area contributed by atoms with Crippen molar-refractivity contribution in [1.29, 1.82) is 0 Å². The molecule has 0 aliphatic heterocycles. The van der Waals surface area contributed by atoms with Gasteiger partial charge in [0.1, 0.15) is 4.60 Å². The standard InChI is InChI=1S/C16H19BrN2O2/c1-11(18-10-13-5-4-6-16(17)19-13)12-7-8-14(20-2)15(9-12)21-3/h4-9,11,18H,10H2,1-3H3. The Labute approximate surface area is 133 Å². The fourth-order valence-corrected chi connectivity index (χ4v) is 2.43. The van der Waals surface area contributed by atoms with E-state index in [0.29, 0.717) is 6.54 Å². The van der Waals surface area contributed by atoms with E-state index < -0.39 is 0 Å². The zero-order valence-electron chi connectivity index (χ0n) is 12.4. The van der Waals surface area contributed by atoms with E-state index in [2.05, 4.69) is 33.2 Å². The molecule has 2 aromatic rings. The van der Waals surface area contributed by atoms with Crippen LogP contribution in [-0.4, -0.2) is 19.2 Å². The van der Waals surface area contributed by atoms with Crippen LogP contribution in [0.2, 0.25) is 0 Å². The van der Waals surface area contributed by atoms with Crippen molar-refractivity contribution in [2.24, 2.45) is 0 Å². The number of halogens is 1. The summed E-state index contributed by atoms with van der Waals surface area (Å²) in [4.78, 5) is 4.41. The fourth-order valence-electron chi connectivity index (χ4n) is 2.05. The molecule has 0 saturated heterocycles. The largest absolute Gasteiger partial charge is 0.493 e. The summed E-state index contributed by atoms with van der Waals surface area (Å²) in [5.41, 5.74) is 2.14. The first-order valence-electron chi connectivity index (χ1n) is 6.70. The Morgan fingerprint density at radius 2 is 1.90 bits per heavy atom. The Bertz CT molecular complexity index is 605. The number of rotatable bonds is 6. The first-order valence-corrected chi connectivity index (χ1v) is 7.50. The number of benzene rings is 1. The second-order valence-electron chi connectivity index (χ2n) is 4.67. The number of pyridine rings is 1. The lowest BCUT2D eigenvalue weighted by Crippen LogP contribution is -2.18. The number of hydrogen-bond acceptors (Lipinski definition) is 4. The molecule has 112 valence electrons. The van der Waals surface area contributed by atoms with Gasteiger partial charge in [-0.05, 0) is 52.7 Å². The van der Waals surface area contributed by atoms with Crippen LogP contribution >= 0.6 is 15.9 Å². The summed E-state index contributed by atoms with van der Waals surface area (Å²) in [6.45, 7) is 2.81. The SMILES string of the molecule is COc1ccc(C(C)NCc2cccc(Br)n2)cc1OC. The zero-order chi connectivity index (χ0) is 15.2. The van der Waals surface area contributed by atoms with Crippen LogP contribution in [-0.2, 0) is 6.54 Å². The van der Waals surface area contributed by atoms with Gasteiger partial charge in [0.05, 0.1) is 19.9 Å². The third-order valence-corrected chi connectivity index (χ3v) is 3.71. The summed E-state index contributed by atoms with van der Waals surface area (Å²) in [7, 11) is 3.28. The molecule has 1 aromatic heterocycles. The van der Waals surface area contributed by atoms with Gasteiger partial charge in [-0.25, -0.2) is 4.98 Å². The molecule has 2 rings (SSSR count). The highest BCUT2D eigenvalue weighted by atomic mass is 79.9. The van der Waals surface area contributed by atoms with Crippen LogP contribution in [0.4, 0.5) is 0 Å². The van der Waals surface area contributed by atoms with Gasteiger partial charge in [-0.2, -0.15) is 0 Å². The van der Waals surface area contributed by atoms with Crippen LogP contribution in [0.15, 0.2) is 41.0 Å². The van der Waals surface area contributed by atoms with Crippen LogP contribution in [0.1, 0.15) is 24.2 Å². The molecule has 0 amide bonds. The molecule has 0 aliphatic carbocycles. The van der Waals surface area contributed by atoms with Gasteiger partial charge in [-0.3, -0.25) is 0 Å². The molecule has 0 aliphatic rings. The van der Waals surface area contributed by atoms with Crippen LogP contribution in [0.3, 0.4) is 0 Å². The Morgan fingerprint density at radius 3 is 2.57 bits per heavy atom. The van der Waals surface area contributed by atoms with E-state index in [9.17, 15) is 0 Å².